The number of aliphatic hydroxyl groups is 1. The molecule has 4 nitrogen and oxygen atoms in total. The molecule has 2 atom stereocenters. The van der Waals surface area contributed by atoms with E-state index in [-0.39, 0.29) is 11.7 Å². The summed E-state index contributed by atoms with van der Waals surface area (Å²) in [4.78, 5) is 0. The molecule has 0 aromatic heterocycles. The Balaban J connectivity index is 1.76. The number of hydrogen-bond acceptors (Lipinski definition) is 4. The van der Waals surface area contributed by atoms with E-state index in [1.807, 2.05) is 6.92 Å². The molecule has 0 aromatic rings. The van der Waals surface area contributed by atoms with Gasteiger partial charge >= 0.3 is 0 Å². The van der Waals surface area contributed by atoms with Gasteiger partial charge in [0.25, 0.3) is 0 Å². The molecule has 2 saturated heterocycles. The maximum atomic E-state index is 9.24. The van der Waals surface area contributed by atoms with Gasteiger partial charge in [0.15, 0.2) is 0 Å². The summed E-state index contributed by atoms with van der Waals surface area (Å²) < 4.78 is 11.4. The highest BCUT2D eigenvalue weighted by molar-refractivity contribution is 4.91. The van der Waals surface area contributed by atoms with Crippen LogP contribution in [-0.4, -0.2) is 49.2 Å². The van der Waals surface area contributed by atoms with Gasteiger partial charge in [-0.15, -0.1) is 0 Å². The van der Waals surface area contributed by atoms with Crippen LogP contribution < -0.4 is 5.32 Å². The molecule has 0 aromatic carbocycles. The first-order valence-electron chi connectivity index (χ1n) is 6.83. The predicted molar refractivity (Wildman–Crippen MR) is 66.1 cm³/mol. The highest BCUT2D eigenvalue weighted by atomic mass is 16.5. The lowest BCUT2D eigenvalue weighted by Crippen LogP contribution is -2.50. The van der Waals surface area contributed by atoms with Gasteiger partial charge in [-0.3, -0.25) is 0 Å². The Kier molecular flexibility index (Phi) is 4.79. The van der Waals surface area contributed by atoms with Gasteiger partial charge in [-0.2, -0.15) is 0 Å². The molecule has 0 saturated carbocycles. The second-order valence-corrected chi connectivity index (χ2v) is 5.43. The van der Waals surface area contributed by atoms with E-state index in [9.17, 15) is 5.11 Å². The van der Waals surface area contributed by atoms with Gasteiger partial charge in [0.2, 0.25) is 0 Å². The van der Waals surface area contributed by atoms with E-state index in [1.165, 1.54) is 0 Å². The average Bonchev–Trinajstić information content (AvgIpc) is 2.29. The summed E-state index contributed by atoms with van der Waals surface area (Å²) >= 11 is 0. The maximum absolute atomic E-state index is 9.24. The van der Waals surface area contributed by atoms with Crippen molar-refractivity contribution in [3.63, 3.8) is 0 Å². The van der Waals surface area contributed by atoms with E-state index in [2.05, 4.69) is 5.32 Å². The van der Waals surface area contributed by atoms with Crippen molar-refractivity contribution in [2.24, 2.45) is 0 Å². The van der Waals surface area contributed by atoms with Gasteiger partial charge < -0.3 is 19.9 Å². The molecule has 2 fully saturated rings. The molecule has 0 bridgehead atoms. The molecule has 100 valence electrons. The zero-order valence-corrected chi connectivity index (χ0v) is 10.8. The van der Waals surface area contributed by atoms with Crippen LogP contribution in [-0.2, 0) is 9.47 Å². The van der Waals surface area contributed by atoms with Crippen molar-refractivity contribution < 1.29 is 14.6 Å². The molecule has 2 rings (SSSR count). The van der Waals surface area contributed by atoms with E-state index in [0.717, 1.165) is 58.5 Å². The fraction of sp³-hybridized carbons (Fsp3) is 1.00. The van der Waals surface area contributed by atoms with Crippen LogP contribution in [0.15, 0.2) is 0 Å². The van der Waals surface area contributed by atoms with Crippen LogP contribution in [0.2, 0.25) is 0 Å². The van der Waals surface area contributed by atoms with Crippen LogP contribution in [0.4, 0.5) is 0 Å². The van der Waals surface area contributed by atoms with Crippen LogP contribution in [0, 0.1) is 0 Å². The molecule has 2 aliphatic rings. The van der Waals surface area contributed by atoms with Gasteiger partial charge in [0, 0.05) is 25.9 Å². The first-order chi connectivity index (χ1) is 8.20. The molecule has 17 heavy (non-hydrogen) atoms. The number of nitrogens with one attached hydrogen (secondary N) is 1. The minimum Gasteiger partial charge on any atom is -0.393 e. The monoisotopic (exact) mass is 243 g/mol. The zero-order chi connectivity index (χ0) is 12.1. The van der Waals surface area contributed by atoms with Gasteiger partial charge in [0.1, 0.15) is 0 Å². The number of aliphatic hydroxyl groups excluding tert-OH is 1. The molecule has 2 unspecified atom stereocenters. The Morgan fingerprint density at radius 2 is 2.12 bits per heavy atom. The van der Waals surface area contributed by atoms with Crippen molar-refractivity contribution in [1.29, 1.82) is 0 Å². The molecule has 0 aliphatic carbocycles. The van der Waals surface area contributed by atoms with E-state index < -0.39 is 0 Å². The summed E-state index contributed by atoms with van der Waals surface area (Å²) in [5.74, 6) is 0. The standard InChI is InChI=1S/C13H25NO3/c1-11(15)2-6-14-12-3-7-17-13(10-12)4-8-16-9-5-13/h11-12,14-15H,2-10H2,1H3. The van der Waals surface area contributed by atoms with Gasteiger partial charge in [0.05, 0.1) is 11.7 Å². The molecule has 0 radical (unpaired) electrons. The van der Waals surface area contributed by atoms with Crippen LogP contribution in [0.1, 0.15) is 39.0 Å². The Morgan fingerprint density at radius 1 is 1.35 bits per heavy atom. The van der Waals surface area contributed by atoms with Crippen molar-refractivity contribution in [3.8, 4) is 0 Å². The first-order valence-corrected chi connectivity index (χ1v) is 6.83. The molecule has 0 amide bonds. The quantitative estimate of drug-likeness (QED) is 0.775. The van der Waals surface area contributed by atoms with Gasteiger partial charge in [-0.1, -0.05) is 0 Å². The third-order valence-corrected chi connectivity index (χ3v) is 3.89. The lowest BCUT2D eigenvalue weighted by molar-refractivity contribution is -0.140. The molecular formula is C13H25NO3. The SMILES string of the molecule is CC(O)CCNC1CCOC2(CCOCC2)C1. The van der Waals surface area contributed by atoms with E-state index >= 15 is 0 Å². The number of hydrogen-bond donors (Lipinski definition) is 2. The minimum absolute atomic E-state index is 0.0684. The van der Waals surface area contributed by atoms with Crippen molar-refractivity contribution in [2.75, 3.05) is 26.4 Å². The van der Waals surface area contributed by atoms with Crippen LogP contribution in [0.25, 0.3) is 0 Å². The topological polar surface area (TPSA) is 50.7 Å². The fourth-order valence-electron chi connectivity index (χ4n) is 2.79. The zero-order valence-electron chi connectivity index (χ0n) is 10.8. The normalized spacial score (nSPS) is 30.4. The first kappa shape index (κ1) is 13.3. The predicted octanol–water partition coefficient (Wildman–Crippen LogP) is 1.08. The summed E-state index contributed by atoms with van der Waals surface area (Å²) in [5, 5.41) is 12.8. The molecule has 2 N–H and O–H groups in total. The smallest absolute Gasteiger partial charge is 0.0741 e. The van der Waals surface area contributed by atoms with Crippen molar-refractivity contribution in [3.05, 3.63) is 0 Å². The third kappa shape index (κ3) is 3.91. The molecule has 1 spiro atoms. The molecule has 4 heteroatoms. The summed E-state index contributed by atoms with van der Waals surface area (Å²) in [7, 11) is 0. The van der Waals surface area contributed by atoms with Crippen molar-refractivity contribution in [2.45, 2.75) is 56.8 Å². The fourth-order valence-corrected chi connectivity index (χ4v) is 2.79. The Bertz CT molecular complexity index is 221. The summed E-state index contributed by atoms with van der Waals surface area (Å²) in [6, 6.07) is 0.542. The number of rotatable bonds is 4. The summed E-state index contributed by atoms with van der Waals surface area (Å²) in [5.41, 5.74) is 0.0684. The van der Waals surface area contributed by atoms with E-state index in [0.29, 0.717) is 6.04 Å². The molecular weight excluding hydrogens is 218 g/mol. The largest absolute Gasteiger partial charge is 0.393 e. The van der Waals surface area contributed by atoms with Crippen LogP contribution >= 0.6 is 0 Å². The third-order valence-electron chi connectivity index (χ3n) is 3.89. The lowest BCUT2D eigenvalue weighted by Gasteiger charge is -2.43. The van der Waals surface area contributed by atoms with Crippen LogP contribution in [0.3, 0.4) is 0 Å². The maximum Gasteiger partial charge on any atom is 0.0741 e. The number of ether oxygens (including phenoxy) is 2. The lowest BCUT2D eigenvalue weighted by atomic mass is 9.84. The summed E-state index contributed by atoms with van der Waals surface area (Å²) in [6.07, 6.45) is 4.86. The Morgan fingerprint density at radius 3 is 2.82 bits per heavy atom. The second kappa shape index (κ2) is 6.14. The Hall–Kier alpha value is -0.160. The van der Waals surface area contributed by atoms with Crippen molar-refractivity contribution >= 4 is 0 Å². The molecule has 2 heterocycles. The van der Waals surface area contributed by atoms with Crippen molar-refractivity contribution in [1.82, 2.24) is 5.32 Å². The highest BCUT2D eigenvalue weighted by Crippen LogP contribution is 2.34. The average molecular weight is 243 g/mol. The summed E-state index contributed by atoms with van der Waals surface area (Å²) in [6.45, 7) is 5.26. The van der Waals surface area contributed by atoms with E-state index in [1.54, 1.807) is 0 Å². The molecule has 2 aliphatic heterocycles. The van der Waals surface area contributed by atoms with E-state index in [4.69, 9.17) is 9.47 Å². The highest BCUT2D eigenvalue weighted by Gasteiger charge is 2.38. The second-order valence-electron chi connectivity index (χ2n) is 5.43. The van der Waals surface area contributed by atoms with Gasteiger partial charge in [-0.05, 0) is 45.6 Å². The Labute approximate surface area is 104 Å². The van der Waals surface area contributed by atoms with Gasteiger partial charge in [-0.25, -0.2) is 0 Å². The van der Waals surface area contributed by atoms with Crippen LogP contribution in [0.5, 0.6) is 0 Å². The minimum atomic E-state index is -0.209.